The van der Waals surface area contributed by atoms with Crippen molar-refractivity contribution in [1.82, 2.24) is 14.9 Å². The number of halogens is 1. The van der Waals surface area contributed by atoms with Crippen molar-refractivity contribution >= 4 is 28.3 Å². The third kappa shape index (κ3) is 6.53. The summed E-state index contributed by atoms with van der Waals surface area (Å²) in [6.07, 6.45) is 0. The number of rotatable bonds is 8. The van der Waals surface area contributed by atoms with Gasteiger partial charge in [-0.15, -0.1) is 12.4 Å². The Balaban J connectivity index is 0.00000364. The number of ether oxygens (including phenoxy) is 2. The lowest BCUT2D eigenvalue weighted by Gasteiger charge is -2.31. The number of amides is 1. The minimum Gasteiger partial charge on any atom is -0.490 e. The molecule has 8 nitrogen and oxygen atoms in total. The van der Waals surface area contributed by atoms with Crippen LogP contribution in [0.5, 0.6) is 11.5 Å². The molecule has 154 valence electrons. The van der Waals surface area contributed by atoms with E-state index in [1.807, 2.05) is 20.8 Å². The fourth-order valence-electron chi connectivity index (χ4n) is 2.71. The van der Waals surface area contributed by atoms with Gasteiger partial charge in [0.05, 0.1) is 24.7 Å². The smallest absolute Gasteiger partial charge is 0.241 e. The van der Waals surface area contributed by atoms with Crippen molar-refractivity contribution in [3.8, 4) is 11.5 Å². The average Bonchev–Trinajstić information content (AvgIpc) is 2.61. The Morgan fingerprint density at radius 1 is 1.26 bits per heavy atom. The zero-order chi connectivity index (χ0) is 19.2. The number of benzene rings is 1. The summed E-state index contributed by atoms with van der Waals surface area (Å²) in [6, 6.07) is 4.61. The number of hydrogen-bond donors (Lipinski definition) is 2. The molecule has 2 N–H and O–H groups in total. The fourth-order valence-corrected chi connectivity index (χ4v) is 3.70. The van der Waals surface area contributed by atoms with Crippen molar-refractivity contribution in [3.05, 3.63) is 18.2 Å². The molecule has 0 aromatic heterocycles. The molecule has 1 aliphatic heterocycles. The molecule has 1 heterocycles. The van der Waals surface area contributed by atoms with Crippen LogP contribution in [0.1, 0.15) is 20.8 Å². The van der Waals surface area contributed by atoms with Crippen LogP contribution in [0, 0.1) is 0 Å². The highest BCUT2D eigenvalue weighted by Gasteiger charge is 2.23. The first-order valence-electron chi connectivity index (χ1n) is 8.77. The summed E-state index contributed by atoms with van der Waals surface area (Å²) in [4.78, 5) is 14.0. The lowest BCUT2D eigenvalue weighted by Crippen LogP contribution is -2.53. The molecule has 0 saturated carbocycles. The Morgan fingerprint density at radius 3 is 2.56 bits per heavy atom. The molecule has 1 atom stereocenters. The van der Waals surface area contributed by atoms with E-state index in [2.05, 4.69) is 10.0 Å². The van der Waals surface area contributed by atoms with E-state index in [0.717, 1.165) is 0 Å². The molecule has 1 aromatic carbocycles. The SMILES string of the molecule is CCOc1ccc(S(=O)(=O)NCC(=O)N2CCNC(C)C2)cc1OCC.Cl. The highest BCUT2D eigenvalue weighted by atomic mass is 35.5. The van der Waals surface area contributed by atoms with E-state index in [1.165, 1.54) is 12.1 Å². The fraction of sp³-hybridized carbons (Fsp3) is 0.588. The first-order valence-corrected chi connectivity index (χ1v) is 10.3. The number of sulfonamides is 1. The van der Waals surface area contributed by atoms with Gasteiger partial charge in [0.1, 0.15) is 0 Å². The first-order chi connectivity index (χ1) is 12.4. The van der Waals surface area contributed by atoms with Crippen LogP contribution in [-0.4, -0.2) is 64.7 Å². The largest absolute Gasteiger partial charge is 0.490 e. The van der Waals surface area contributed by atoms with Crippen LogP contribution in [0.15, 0.2) is 23.1 Å². The molecule has 2 rings (SSSR count). The second-order valence-corrected chi connectivity index (χ2v) is 7.76. The van der Waals surface area contributed by atoms with Crippen LogP contribution in [0.3, 0.4) is 0 Å². The second kappa shape index (κ2) is 10.7. The number of carbonyl (C=O) groups is 1. The van der Waals surface area contributed by atoms with Crippen LogP contribution in [0.2, 0.25) is 0 Å². The van der Waals surface area contributed by atoms with E-state index >= 15 is 0 Å². The molecule has 1 saturated heterocycles. The van der Waals surface area contributed by atoms with Crippen molar-refractivity contribution in [2.75, 3.05) is 39.4 Å². The van der Waals surface area contributed by atoms with Crippen molar-refractivity contribution in [2.24, 2.45) is 0 Å². The van der Waals surface area contributed by atoms with Gasteiger partial charge in [-0.25, -0.2) is 13.1 Å². The summed E-state index contributed by atoms with van der Waals surface area (Å²) in [5, 5.41) is 3.24. The molecule has 0 spiro atoms. The zero-order valence-corrected chi connectivity index (χ0v) is 17.5. The number of hydrogen-bond acceptors (Lipinski definition) is 6. The summed E-state index contributed by atoms with van der Waals surface area (Å²) in [5.74, 6) is 0.608. The zero-order valence-electron chi connectivity index (χ0n) is 15.9. The summed E-state index contributed by atoms with van der Waals surface area (Å²) in [5.41, 5.74) is 0. The number of carbonyl (C=O) groups excluding carboxylic acids is 1. The van der Waals surface area contributed by atoms with Gasteiger partial charge < -0.3 is 19.7 Å². The summed E-state index contributed by atoms with van der Waals surface area (Å²) < 4.78 is 38.3. The Labute approximate surface area is 167 Å². The number of piperazine rings is 1. The van der Waals surface area contributed by atoms with Crippen molar-refractivity contribution < 1.29 is 22.7 Å². The maximum Gasteiger partial charge on any atom is 0.241 e. The quantitative estimate of drug-likeness (QED) is 0.650. The van der Waals surface area contributed by atoms with Crippen LogP contribution in [0.4, 0.5) is 0 Å². The lowest BCUT2D eigenvalue weighted by molar-refractivity contribution is -0.131. The Kier molecular flexibility index (Phi) is 9.31. The Bertz CT molecular complexity index is 729. The summed E-state index contributed by atoms with van der Waals surface area (Å²) >= 11 is 0. The molecule has 1 fully saturated rings. The minimum absolute atomic E-state index is 0. The van der Waals surface area contributed by atoms with E-state index in [-0.39, 0.29) is 35.8 Å². The second-order valence-electron chi connectivity index (χ2n) is 5.99. The van der Waals surface area contributed by atoms with Gasteiger partial charge in [-0.05, 0) is 32.9 Å². The standard InChI is InChI=1S/C17H27N3O5S.ClH/c1-4-24-15-7-6-14(10-16(15)25-5-2)26(22,23)19-11-17(21)20-9-8-18-13(3)12-20;/h6-7,10,13,18-19H,4-5,8-9,11-12H2,1-3H3;1H. The van der Waals surface area contributed by atoms with Gasteiger partial charge in [0.15, 0.2) is 11.5 Å². The molecule has 0 radical (unpaired) electrons. The average molecular weight is 422 g/mol. The van der Waals surface area contributed by atoms with Crippen molar-refractivity contribution in [3.63, 3.8) is 0 Å². The highest BCUT2D eigenvalue weighted by Crippen LogP contribution is 2.30. The van der Waals surface area contributed by atoms with E-state index in [9.17, 15) is 13.2 Å². The van der Waals surface area contributed by atoms with Gasteiger partial charge in [0.25, 0.3) is 0 Å². The van der Waals surface area contributed by atoms with Gasteiger partial charge >= 0.3 is 0 Å². The topological polar surface area (TPSA) is 97.0 Å². The molecule has 1 amide bonds. The maximum atomic E-state index is 12.5. The molecule has 0 bridgehead atoms. The lowest BCUT2D eigenvalue weighted by atomic mass is 10.2. The van der Waals surface area contributed by atoms with E-state index in [4.69, 9.17) is 9.47 Å². The first kappa shape index (κ1) is 23.5. The van der Waals surface area contributed by atoms with Crippen LogP contribution >= 0.6 is 12.4 Å². The van der Waals surface area contributed by atoms with Gasteiger partial charge in [-0.1, -0.05) is 0 Å². The summed E-state index contributed by atoms with van der Waals surface area (Å²) in [7, 11) is -3.83. The normalized spacial score (nSPS) is 17.1. The predicted molar refractivity (Wildman–Crippen MR) is 105 cm³/mol. The third-order valence-corrected chi connectivity index (χ3v) is 5.36. The van der Waals surface area contributed by atoms with Crippen molar-refractivity contribution in [1.29, 1.82) is 0 Å². The third-order valence-electron chi connectivity index (χ3n) is 3.96. The number of nitrogens with one attached hydrogen (secondary N) is 2. The van der Waals surface area contributed by atoms with E-state index < -0.39 is 10.0 Å². The van der Waals surface area contributed by atoms with Crippen LogP contribution in [0.25, 0.3) is 0 Å². The van der Waals surface area contributed by atoms with Gasteiger partial charge in [-0.3, -0.25) is 4.79 Å². The number of nitrogens with zero attached hydrogens (tertiary/aromatic N) is 1. The molecular formula is C17H28ClN3O5S. The maximum absolute atomic E-state index is 12.5. The highest BCUT2D eigenvalue weighted by molar-refractivity contribution is 7.89. The molecule has 10 heteroatoms. The van der Waals surface area contributed by atoms with Gasteiger partial charge in [0.2, 0.25) is 15.9 Å². The van der Waals surface area contributed by atoms with E-state index in [0.29, 0.717) is 44.3 Å². The molecule has 1 aliphatic rings. The monoisotopic (exact) mass is 421 g/mol. The predicted octanol–water partition coefficient (Wildman–Crippen LogP) is 1.00. The van der Waals surface area contributed by atoms with Gasteiger partial charge in [0, 0.05) is 31.7 Å². The minimum atomic E-state index is -3.83. The Hall–Kier alpha value is -1.55. The van der Waals surface area contributed by atoms with Crippen molar-refractivity contribution in [2.45, 2.75) is 31.7 Å². The molecule has 27 heavy (non-hydrogen) atoms. The van der Waals surface area contributed by atoms with Crippen LogP contribution in [-0.2, 0) is 14.8 Å². The Morgan fingerprint density at radius 2 is 1.93 bits per heavy atom. The molecule has 1 aromatic rings. The molecule has 0 aliphatic carbocycles. The molecule has 1 unspecified atom stereocenters. The molecular weight excluding hydrogens is 394 g/mol. The van der Waals surface area contributed by atoms with Gasteiger partial charge in [-0.2, -0.15) is 0 Å². The van der Waals surface area contributed by atoms with Crippen LogP contribution < -0.4 is 19.5 Å². The summed E-state index contributed by atoms with van der Waals surface area (Å²) in [6.45, 7) is 8.04. The van der Waals surface area contributed by atoms with E-state index in [1.54, 1.807) is 11.0 Å².